The SMILES string of the molecule is CC[C@H]1OC(=O)[C@H](C)[C@H]2OC/C(=N\OCc3cccc(-c4cnccn4)n3)CO[C@](C)(C[C@@H](C)C3=NCCN4C(=O)O[C@@]1(C)[C@H]4[C@H]3C)[C@H](O[C@H]1O[C@@H](C)C[C@@H](N(C)C)[C@@H]1O)[C@H]2C. The predicted octanol–water partition coefficient (Wildman–Crippen LogP) is 4.70. The van der Waals surface area contributed by atoms with Crippen molar-refractivity contribution in [1.82, 2.24) is 24.8 Å². The van der Waals surface area contributed by atoms with Gasteiger partial charge in [0.15, 0.2) is 18.5 Å². The Balaban J connectivity index is 1.28. The Labute approximate surface area is 364 Å². The highest BCUT2D eigenvalue weighted by molar-refractivity contribution is 5.91. The van der Waals surface area contributed by atoms with Crippen LogP contribution in [0.25, 0.3) is 11.4 Å². The number of hydrogen-bond acceptors (Lipinski definition) is 16. The zero-order valence-corrected chi connectivity index (χ0v) is 37.8. The number of carbonyl (C=O) groups excluding carboxylic acids is 2. The molecule has 0 saturated carbocycles. The number of likely N-dealkylation sites (N-methyl/N-ethyl adjacent to an activating group) is 1. The van der Waals surface area contributed by atoms with E-state index in [4.69, 9.17) is 43.2 Å². The Hall–Kier alpha value is -4.13. The lowest BCUT2D eigenvalue weighted by Crippen LogP contribution is -2.60. The predicted molar refractivity (Wildman–Crippen MR) is 228 cm³/mol. The van der Waals surface area contributed by atoms with E-state index >= 15 is 0 Å². The molecular weight excluding hydrogens is 799 g/mol. The van der Waals surface area contributed by atoms with Crippen molar-refractivity contribution < 1.29 is 48.0 Å². The number of cyclic esters (lactones) is 1. The summed E-state index contributed by atoms with van der Waals surface area (Å²) in [4.78, 5) is 56.2. The fraction of sp³-hybridized carbons (Fsp3) is 0.711. The van der Waals surface area contributed by atoms with E-state index in [1.807, 2.05) is 71.8 Å². The minimum absolute atomic E-state index is 0.00399. The maximum absolute atomic E-state index is 14.6. The largest absolute Gasteiger partial charge is 0.458 e. The number of pyridine rings is 1. The normalized spacial score (nSPS) is 38.9. The number of carbonyl (C=O) groups is 2. The molecule has 7 rings (SSSR count). The maximum Gasteiger partial charge on any atom is 0.410 e. The Kier molecular flexibility index (Phi) is 14.0. The van der Waals surface area contributed by atoms with Crippen LogP contribution in [-0.2, 0) is 44.7 Å². The van der Waals surface area contributed by atoms with Crippen LogP contribution in [0.1, 0.15) is 80.3 Å². The highest BCUT2D eigenvalue weighted by Crippen LogP contribution is 2.45. The molecule has 0 aromatic carbocycles. The molecule has 17 nitrogen and oxygen atoms in total. The highest BCUT2D eigenvalue weighted by atomic mass is 16.7. The first kappa shape index (κ1) is 45.9. The molecule has 0 radical (unpaired) electrons. The van der Waals surface area contributed by atoms with Crippen molar-refractivity contribution in [3.8, 4) is 11.4 Å². The second kappa shape index (κ2) is 18.9. The first-order valence-electron chi connectivity index (χ1n) is 22.1. The van der Waals surface area contributed by atoms with Crippen molar-refractivity contribution in [1.29, 1.82) is 0 Å². The Morgan fingerprint density at radius 1 is 1.05 bits per heavy atom. The molecule has 5 aliphatic heterocycles. The van der Waals surface area contributed by atoms with E-state index in [9.17, 15) is 14.7 Å². The summed E-state index contributed by atoms with van der Waals surface area (Å²) in [5.41, 5.74) is 1.00. The van der Waals surface area contributed by atoms with Crippen LogP contribution in [0.2, 0.25) is 0 Å². The van der Waals surface area contributed by atoms with E-state index in [0.29, 0.717) is 55.1 Å². The third-order valence-corrected chi connectivity index (χ3v) is 13.6. The van der Waals surface area contributed by atoms with Crippen molar-refractivity contribution in [3.63, 3.8) is 0 Å². The van der Waals surface area contributed by atoms with Crippen LogP contribution < -0.4 is 0 Å². The van der Waals surface area contributed by atoms with Crippen LogP contribution in [0.3, 0.4) is 0 Å². The summed E-state index contributed by atoms with van der Waals surface area (Å²) in [6.45, 7) is 16.5. The molecule has 0 unspecified atom stereocenters. The number of rotatable bonds is 8. The first-order valence-corrected chi connectivity index (χ1v) is 22.1. The summed E-state index contributed by atoms with van der Waals surface area (Å²) in [5, 5.41) is 16.3. The molecule has 2 aromatic rings. The van der Waals surface area contributed by atoms with Crippen LogP contribution in [0.5, 0.6) is 0 Å². The number of esters is 1. The Bertz CT molecular complexity index is 1960. The lowest BCUT2D eigenvalue weighted by Gasteiger charge is -2.48. The number of nitrogens with zero attached hydrogens (tertiary/aromatic N) is 7. The average molecular weight is 864 g/mol. The molecule has 1 amide bonds. The fourth-order valence-electron chi connectivity index (χ4n) is 10.5. The minimum atomic E-state index is -1.15. The molecular formula is C45H65N7O10. The molecule has 340 valence electrons. The van der Waals surface area contributed by atoms with Gasteiger partial charge in [-0.25, -0.2) is 9.78 Å². The molecule has 4 fully saturated rings. The van der Waals surface area contributed by atoms with E-state index in [2.05, 4.69) is 29.0 Å². The van der Waals surface area contributed by atoms with Gasteiger partial charge in [-0.05, 0) is 79.1 Å². The van der Waals surface area contributed by atoms with Gasteiger partial charge in [0.05, 0.1) is 73.2 Å². The zero-order chi connectivity index (χ0) is 44.5. The van der Waals surface area contributed by atoms with Gasteiger partial charge in [0.25, 0.3) is 0 Å². The number of ether oxygens (including phenoxy) is 6. The molecule has 62 heavy (non-hydrogen) atoms. The van der Waals surface area contributed by atoms with Crippen molar-refractivity contribution in [2.24, 2.45) is 33.8 Å². The molecule has 1 N–H and O–H groups in total. The number of aliphatic hydroxyl groups excluding tert-OH is 1. The van der Waals surface area contributed by atoms with Crippen molar-refractivity contribution in [2.75, 3.05) is 40.4 Å². The highest BCUT2D eigenvalue weighted by Gasteiger charge is 2.60. The third kappa shape index (κ3) is 9.25. The number of fused-ring (bicyclic) bond motifs is 4. The molecule has 7 heterocycles. The van der Waals surface area contributed by atoms with Gasteiger partial charge in [0.1, 0.15) is 23.6 Å². The molecule has 5 aliphatic rings. The number of amides is 1. The third-order valence-electron chi connectivity index (χ3n) is 13.6. The quantitative estimate of drug-likeness (QED) is 0.284. The average Bonchev–Trinajstić information content (AvgIpc) is 3.39. The van der Waals surface area contributed by atoms with Crippen LogP contribution in [-0.4, -0.2) is 154 Å². The summed E-state index contributed by atoms with van der Waals surface area (Å²) in [7, 11) is 3.87. The van der Waals surface area contributed by atoms with E-state index in [1.165, 1.54) is 0 Å². The second-order valence-corrected chi connectivity index (χ2v) is 18.4. The van der Waals surface area contributed by atoms with Gasteiger partial charge in [-0.15, -0.1) is 0 Å². The van der Waals surface area contributed by atoms with Crippen LogP contribution in [0.4, 0.5) is 4.79 Å². The van der Waals surface area contributed by atoms with Gasteiger partial charge in [-0.3, -0.25) is 24.7 Å². The topological polar surface area (TPSA) is 189 Å². The fourth-order valence-corrected chi connectivity index (χ4v) is 10.5. The van der Waals surface area contributed by atoms with Gasteiger partial charge >= 0.3 is 12.1 Å². The molecule has 0 aliphatic carbocycles. The molecule has 2 aromatic heterocycles. The molecule has 17 heteroatoms. The number of oxime groups is 1. The molecule has 4 saturated heterocycles. The van der Waals surface area contributed by atoms with Crippen molar-refractivity contribution in [3.05, 3.63) is 42.5 Å². The second-order valence-electron chi connectivity index (χ2n) is 18.4. The Morgan fingerprint density at radius 2 is 1.84 bits per heavy atom. The number of hydrogen-bond donors (Lipinski definition) is 1. The van der Waals surface area contributed by atoms with E-state index in [-0.39, 0.29) is 43.8 Å². The molecule has 4 bridgehead atoms. The lowest BCUT2D eigenvalue weighted by atomic mass is 9.72. The number of aliphatic hydroxyl groups is 1. The van der Waals surface area contributed by atoms with E-state index < -0.39 is 71.8 Å². The van der Waals surface area contributed by atoms with Gasteiger partial charge in [0, 0.05) is 42.5 Å². The zero-order valence-electron chi connectivity index (χ0n) is 37.8. The van der Waals surface area contributed by atoms with Crippen molar-refractivity contribution >= 4 is 23.5 Å². The molecule has 0 spiro atoms. The lowest BCUT2D eigenvalue weighted by molar-refractivity contribution is -0.302. The number of aromatic nitrogens is 3. The van der Waals surface area contributed by atoms with Crippen LogP contribution in [0, 0.1) is 23.7 Å². The van der Waals surface area contributed by atoms with E-state index in [1.54, 1.807) is 30.4 Å². The van der Waals surface area contributed by atoms with Crippen molar-refractivity contribution in [2.45, 2.75) is 141 Å². The van der Waals surface area contributed by atoms with Gasteiger partial charge in [-0.2, -0.15) is 0 Å². The monoisotopic (exact) mass is 863 g/mol. The smallest absolute Gasteiger partial charge is 0.410 e. The Morgan fingerprint density at radius 3 is 2.56 bits per heavy atom. The van der Waals surface area contributed by atoms with E-state index in [0.717, 1.165) is 5.71 Å². The maximum atomic E-state index is 14.6. The number of aliphatic imine (C=N–C) groups is 1. The van der Waals surface area contributed by atoms with Gasteiger partial charge in [0.2, 0.25) is 0 Å². The summed E-state index contributed by atoms with van der Waals surface area (Å²) >= 11 is 0. The summed E-state index contributed by atoms with van der Waals surface area (Å²) in [5.74, 6) is -2.33. The summed E-state index contributed by atoms with van der Waals surface area (Å²) in [6, 6.07) is 4.89. The summed E-state index contributed by atoms with van der Waals surface area (Å²) in [6.07, 6.45) is 1.30. The molecule has 14 atom stereocenters. The van der Waals surface area contributed by atoms with Gasteiger partial charge in [-0.1, -0.05) is 38.9 Å². The standard InChI is InChI=1S/C45H65N7O10/c1-11-35-45(8)39-27(4)36(48-17-18-52(39)43(55)62-45)25(2)20-44(7)40(61-42-37(53)34(51(9)10)19-26(3)59-42)28(5)38(29(6)41(54)60-35)56-22-31(23-57-44)50-58-24-30-13-12-14-32(49-30)33-21-46-15-16-47-33/h12-16,21,25-29,34-35,37-40,42,53H,11,17-20,22-24H2,1-10H3/b50-31+/t25-,26+,27+,28+,29-,34-,35-,37+,38+,39-,40-,42-,44-,45-/m1/s1. The van der Waals surface area contributed by atoms with Crippen LogP contribution in [0.15, 0.2) is 46.9 Å². The minimum Gasteiger partial charge on any atom is -0.458 e. The van der Waals surface area contributed by atoms with Crippen LogP contribution >= 0.6 is 0 Å². The van der Waals surface area contributed by atoms with Gasteiger partial charge < -0.3 is 43.3 Å². The summed E-state index contributed by atoms with van der Waals surface area (Å²) < 4.78 is 39.9. The first-order chi connectivity index (χ1) is 29.5.